The molecule has 0 unspecified atom stereocenters. The Balaban J connectivity index is 1.94. The highest BCUT2D eigenvalue weighted by Crippen LogP contribution is 2.33. The van der Waals surface area contributed by atoms with E-state index in [4.69, 9.17) is 14.2 Å². The third-order valence-corrected chi connectivity index (χ3v) is 7.85. The van der Waals surface area contributed by atoms with Crippen molar-refractivity contribution < 1.29 is 33.0 Å². The molecule has 0 spiro atoms. The Hall–Kier alpha value is -4.47. The van der Waals surface area contributed by atoms with Crippen molar-refractivity contribution in [3.8, 4) is 0 Å². The minimum Gasteiger partial charge on any atom is -0.492 e. The quantitative estimate of drug-likeness (QED) is 0.177. The van der Waals surface area contributed by atoms with Crippen LogP contribution in [-0.4, -0.2) is 48.4 Å². The number of carbonyl (C=O) groups excluding carboxylic acids is 3. The first kappa shape index (κ1) is 38.0. The van der Waals surface area contributed by atoms with Crippen molar-refractivity contribution in [1.29, 1.82) is 0 Å². The van der Waals surface area contributed by atoms with Crippen LogP contribution in [0.4, 0.5) is 9.18 Å². The van der Waals surface area contributed by atoms with Gasteiger partial charge in [0.05, 0.1) is 19.3 Å². The van der Waals surface area contributed by atoms with E-state index in [1.54, 1.807) is 39.1 Å². The molecule has 1 saturated heterocycles. The first-order chi connectivity index (χ1) is 22.8. The van der Waals surface area contributed by atoms with E-state index in [-0.39, 0.29) is 23.2 Å². The fraction of sp³-hybridized carbons (Fsp3) is 0.474. The maximum atomic E-state index is 14.2. The number of ether oxygens (including phenoxy) is 3. The van der Waals surface area contributed by atoms with Crippen LogP contribution >= 0.6 is 0 Å². The molecule has 2 fully saturated rings. The molecule has 48 heavy (non-hydrogen) atoms. The fourth-order valence-electron chi connectivity index (χ4n) is 5.15. The van der Waals surface area contributed by atoms with E-state index in [1.165, 1.54) is 13.2 Å². The Morgan fingerprint density at radius 2 is 1.85 bits per heavy atom. The summed E-state index contributed by atoms with van der Waals surface area (Å²) in [4.78, 5) is 44.3. The summed E-state index contributed by atoms with van der Waals surface area (Å²) in [6.45, 7) is 14.0. The van der Waals surface area contributed by atoms with E-state index in [1.807, 2.05) is 45.9 Å². The number of nitrogens with zero attached hydrogens (tertiary/aromatic N) is 2. The van der Waals surface area contributed by atoms with Crippen LogP contribution in [0.5, 0.6) is 0 Å². The molecule has 1 heterocycles. The van der Waals surface area contributed by atoms with Gasteiger partial charge in [0.25, 0.3) is 0 Å². The van der Waals surface area contributed by atoms with Gasteiger partial charge in [0, 0.05) is 41.9 Å². The number of imide groups is 1. The minimum atomic E-state index is -0.776. The average molecular weight is 664 g/mol. The molecule has 1 N–H and O–H groups in total. The fourth-order valence-corrected chi connectivity index (χ4v) is 5.15. The van der Waals surface area contributed by atoms with Gasteiger partial charge < -0.3 is 19.5 Å². The van der Waals surface area contributed by atoms with Gasteiger partial charge in [-0.15, -0.1) is 0 Å². The molecule has 0 aromatic heterocycles. The number of carbonyl (C=O) groups is 3. The van der Waals surface area contributed by atoms with Crippen LogP contribution in [0.2, 0.25) is 0 Å². The summed E-state index contributed by atoms with van der Waals surface area (Å²) in [5.41, 5.74) is 3.56. The molecular weight excluding hydrogens is 613 g/mol. The van der Waals surface area contributed by atoms with Crippen LogP contribution in [0.15, 0.2) is 81.5 Å². The molecule has 0 atom stereocenters. The van der Waals surface area contributed by atoms with Crippen molar-refractivity contribution in [3.63, 3.8) is 0 Å². The predicted octanol–water partition coefficient (Wildman–Crippen LogP) is 8.45. The summed E-state index contributed by atoms with van der Waals surface area (Å²) in [7, 11) is 1.26. The lowest BCUT2D eigenvalue weighted by Gasteiger charge is -2.31. The molecule has 1 aromatic carbocycles. The molecule has 0 bridgehead atoms. The monoisotopic (exact) mass is 663 g/mol. The lowest BCUT2D eigenvalue weighted by molar-refractivity contribution is -0.135. The SMILES string of the molecule is CC\C=C(\N=C/C=C(C)/C(/C=C/CC)=C1\OCC\C1=C(\C)NCc1cc(F)cc(C(=O)OC)c1)N(C(=O)OC(C)(C)C)C(=O)C1CCC1. The normalized spacial score (nSPS) is 18.0. The lowest BCUT2D eigenvalue weighted by atomic mass is 9.84. The summed E-state index contributed by atoms with van der Waals surface area (Å²) < 4.78 is 30.7. The zero-order chi connectivity index (χ0) is 35.4. The number of amides is 2. The molecule has 0 radical (unpaired) electrons. The number of hydrogen-bond acceptors (Lipinski definition) is 8. The summed E-state index contributed by atoms with van der Waals surface area (Å²) in [5.74, 6) is -0.676. The molecule has 260 valence electrons. The number of rotatable bonds is 12. The molecule has 1 saturated carbocycles. The maximum absolute atomic E-state index is 14.2. The molecular formula is C38H50FN3O6. The summed E-state index contributed by atoms with van der Waals surface area (Å²) in [5, 5.41) is 3.36. The van der Waals surface area contributed by atoms with Crippen LogP contribution in [0.25, 0.3) is 0 Å². The van der Waals surface area contributed by atoms with Crippen molar-refractivity contribution in [1.82, 2.24) is 10.2 Å². The van der Waals surface area contributed by atoms with Gasteiger partial charge in [-0.1, -0.05) is 32.4 Å². The topological polar surface area (TPSA) is 107 Å². The van der Waals surface area contributed by atoms with Gasteiger partial charge in [-0.05, 0) is 102 Å². The Morgan fingerprint density at radius 3 is 2.46 bits per heavy atom. The van der Waals surface area contributed by atoms with E-state index in [2.05, 4.69) is 10.3 Å². The Labute approximate surface area is 284 Å². The van der Waals surface area contributed by atoms with Crippen molar-refractivity contribution >= 4 is 24.2 Å². The molecule has 2 aliphatic rings. The number of esters is 1. The average Bonchev–Trinajstić information content (AvgIpc) is 3.47. The highest BCUT2D eigenvalue weighted by molar-refractivity contribution is 5.96. The molecule has 10 heteroatoms. The molecule has 9 nitrogen and oxygen atoms in total. The summed E-state index contributed by atoms with van der Waals surface area (Å²) in [6.07, 6.45) is 13.0. The van der Waals surface area contributed by atoms with E-state index >= 15 is 0 Å². The van der Waals surface area contributed by atoms with Crippen molar-refractivity contribution in [2.45, 2.75) is 99.1 Å². The van der Waals surface area contributed by atoms with Crippen LogP contribution in [-0.2, 0) is 25.5 Å². The second-order valence-corrected chi connectivity index (χ2v) is 12.8. The lowest BCUT2D eigenvalue weighted by Crippen LogP contribution is -2.44. The highest BCUT2D eigenvalue weighted by Gasteiger charge is 2.37. The molecule has 1 aliphatic carbocycles. The van der Waals surface area contributed by atoms with Gasteiger partial charge >= 0.3 is 12.1 Å². The zero-order valence-corrected chi connectivity index (χ0v) is 29.6. The number of benzene rings is 1. The number of halogens is 1. The maximum Gasteiger partial charge on any atom is 0.422 e. The van der Waals surface area contributed by atoms with Gasteiger partial charge in [0.15, 0.2) is 0 Å². The van der Waals surface area contributed by atoms with Crippen LogP contribution < -0.4 is 5.32 Å². The largest absolute Gasteiger partial charge is 0.492 e. The third kappa shape index (κ3) is 10.5. The summed E-state index contributed by atoms with van der Waals surface area (Å²) >= 11 is 0. The Bertz CT molecular complexity index is 1540. The third-order valence-electron chi connectivity index (χ3n) is 7.85. The van der Waals surface area contributed by atoms with E-state index in [0.717, 1.165) is 64.8 Å². The summed E-state index contributed by atoms with van der Waals surface area (Å²) in [6, 6.07) is 4.14. The number of hydrogen-bond donors (Lipinski definition) is 1. The smallest absolute Gasteiger partial charge is 0.422 e. The van der Waals surface area contributed by atoms with Crippen molar-refractivity contribution in [2.24, 2.45) is 10.9 Å². The standard InChI is InChI=1S/C38H50FN3O6/c1-9-11-16-31(34-32(18-20-47-34)26(4)41-24-27-21-29(36(44)46-8)23-30(39)22-27)25(3)17-19-40-33(13-10-2)42(35(43)28-14-12-15-28)37(45)48-38(5,6)7/h11,13,16-17,19,21-23,28,41H,9-10,12,14-15,18,20,24H2,1-8H3/b16-11+,25-17+,32-26+,33-13-,34-31-,40-19-. The van der Waals surface area contributed by atoms with Crippen LogP contribution in [0, 0.1) is 11.7 Å². The number of aliphatic imine (C=N–C) groups is 1. The molecule has 3 rings (SSSR count). The predicted molar refractivity (Wildman–Crippen MR) is 185 cm³/mol. The Kier molecular flexibility index (Phi) is 13.9. The van der Waals surface area contributed by atoms with E-state index in [0.29, 0.717) is 31.6 Å². The van der Waals surface area contributed by atoms with E-state index < -0.39 is 23.5 Å². The molecule has 2 amide bonds. The van der Waals surface area contributed by atoms with Crippen LogP contribution in [0.3, 0.4) is 0 Å². The second kappa shape index (κ2) is 17.6. The van der Waals surface area contributed by atoms with Crippen molar-refractivity contribution in [2.75, 3.05) is 13.7 Å². The highest BCUT2D eigenvalue weighted by atomic mass is 19.1. The first-order valence-corrected chi connectivity index (χ1v) is 16.6. The first-order valence-electron chi connectivity index (χ1n) is 16.6. The Morgan fingerprint density at radius 1 is 1.12 bits per heavy atom. The van der Waals surface area contributed by atoms with Gasteiger partial charge in [-0.25, -0.2) is 19.0 Å². The van der Waals surface area contributed by atoms with Gasteiger partial charge in [0.2, 0.25) is 5.91 Å². The van der Waals surface area contributed by atoms with Gasteiger partial charge in [-0.3, -0.25) is 4.79 Å². The molecule has 1 aliphatic heterocycles. The number of methoxy groups -OCH3 is 1. The number of allylic oxidation sites excluding steroid dienone is 8. The van der Waals surface area contributed by atoms with Crippen LogP contribution in [0.1, 0.15) is 103 Å². The minimum absolute atomic E-state index is 0.150. The number of nitrogens with one attached hydrogen (secondary N) is 1. The van der Waals surface area contributed by atoms with Gasteiger partial charge in [-0.2, -0.15) is 4.90 Å². The van der Waals surface area contributed by atoms with E-state index in [9.17, 15) is 18.8 Å². The van der Waals surface area contributed by atoms with Crippen molar-refractivity contribution in [3.05, 3.63) is 93.4 Å². The second-order valence-electron chi connectivity index (χ2n) is 12.8. The molecule has 1 aromatic rings. The zero-order valence-electron chi connectivity index (χ0n) is 29.6. The van der Waals surface area contributed by atoms with Gasteiger partial charge in [0.1, 0.15) is 23.0 Å².